The van der Waals surface area contributed by atoms with Crippen LogP contribution in [-0.2, 0) is 24.4 Å². The Balaban J connectivity index is 2.83. The quantitative estimate of drug-likeness (QED) is 0.622. The molecule has 0 spiro atoms. The Morgan fingerprint density at radius 1 is 1.21 bits per heavy atom. The van der Waals surface area contributed by atoms with E-state index in [0.29, 0.717) is 5.69 Å². The van der Waals surface area contributed by atoms with Gasteiger partial charge in [0.1, 0.15) is 6.54 Å². The molecule has 0 aliphatic heterocycles. The number of carboxylic acids is 1. The van der Waals surface area contributed by atoms with E-state index in [-0.39, 0.29) is 10.8 Å². The van der Waals surface area contributed by atoms with Crippen molar-refractivity contribution in [2.24, 2.45) is 0 Å². The van der Waals surface area contributed by atoms with Gasteiger partial charge in [-0.15, -0.1) is 0 Å². The number of carboxylic acid groups (broad SMARTS) is 1. The zero-order valence-corrected chi connectivity index (χ0v) is 14.3. The number of nitrogens with one attached hydrogen (secondary N) is 2. The van der Waals surface area contributed by atoms with Gasteiger partial charge in [0.15, 0.2) is 0 Å². The van der Waals surface area contributed by atoms with Gasteiger partial charge in [-0.2, -0.15) is 4.72 Å². The standard InChI is InChI=1S/C14H19N3O6S/c1-9(14(21)17(3)8-13(19)20)16-24(22,23)12-6-4-11(5-7-12)15-10(2)18/h4-7,9,16H,8H2,1-3H3,(H,15,18)(H,19,20). The SMILES string of the molecule is CC(=O)Nc1ccc(S(=O)(=O)NC(C)C(=O)N(C)CC(=O)O)cc1. The number of rotatable bonds is 7. The first-order chi connectivity index (χ1) is 11.0. The number of anilines is 1. The number of aliphatic carboxylic acids is 1. The summed E-state index contributed by atoms with van der Waals surface area (Å²) in [6.45, 7) is 2.12. The average Bonchev–Trinajstić information content (AvgIpc) is 2.45. The fraction of sp³-hybridized carbons (Fsp3) is 0.357. The van der Waals surface area contributed by atoms with Crippen LogP contribution in [0, 0.1) is 0 Å². The van der Waals surface area contributed by atoms with Crippen molar-refractivity contribution < 1.29 is 27.9 Å². The summed E-state index contributed by atoms with van der Waals surface area (Å²) in [6, 6.07) is 4.27. The zero-order valence-electron chi connectivity index (χ0n) is 13.4. The Morgan fingerprint density at radius 3 is 2.21 bits per heavy atom. The van der Waals surface area contributed by atoms with Crippen LogP contribution < -0.4 is 10.0 Å². The zero-order chi connectivity index (χ0) is 18.5. The molecule has 1 aromatic carbocycles. The lowest BCUT2D eigenvalue weighted by molar-refractivity contribution is -0.143. The van der Waals surface area contributed by atoms with Crippen LogP contribution in [0.3, 0.4) is 0 Å². The topological polar surface area (TPSA) is 133 Å². The molecular weight excluding hydrogens is 338 g/mol. The maximum atomic E-state index is 12.2. The highest BCUT2D eigenvalue weighted by atomic mass is 32.2. The lowest BCUT2D eigenvalue weighted by atomic mass is 10.3. The predicted molar refractivity (Wildman–Crippen MR) is 85.8 cm³/mol. The van der Waals surface area contributed by atoms with Crippen LogP contribution in [0.4, 0.5) is 5.69 Å². The third-order valence-corrected chi connectivity index (χ3v) is 4.49. The fourth-order valence-corrected chi connectivity index (χ4v) is 3.08. The monoisotopic (exact) mass is 357 g/mol. The number of likely N-dealkylation sites (N-methyl/N-ethyl adjacent to an activating group) is 1. The molecule has 0 heterocycles. The third kappa shape index (κ3) is 5.63. The van der Waals surface area contributed by atoms with Crippen LogP contribution in [0.5, 0.6) is 0 Å². The summed E-state index contributed by atoms with van der Waals surface area (Å²) in [5.74, 6) is -2.16. The highest BCUT2D eigenvalue weighted by Gasteiger charge is 2.25. The molecule has 0 fully saturated rings. The van der Waals surface area contributed by atoms with Crippen molar-refractivity contribution in [2.75, 3.05) is 18.9 Å². The summed E-state index contributed by atoms with van der Waals surface area (Å²) in [4.78, 5) is 34.3. The number of hydrogen-bond donors (Lipinski definition) is 3. The Morgan fingerprint density at radius 2 is 1.75 bits per heavy atom. The van der Waals surface area contributed by atoms with E-state index in [1.54, 1.807) is 0 Å². The van der Waals surface area contributed by atoms with Crippen molar-refractivity contribution in [1.82, 2.24) is 9.62 Å². The molecule has 1 unspecified atom stereocenters. The Hall–Kier alpha value is -2.46. The summed E-state index contributed by atoms with van der Waals surface area (Å²) >= 11 is 0. The van der Waals surface area contributed by atoms with Crippen LogP contribution in [0.1, 0.15) is 13.8 Å². The largest absolute Gasteiger partial charge is 0.480 e. The third-order valence-electron chi connectivity index (χ3n) is 2.94. The first-order valence-corrected chi connectivity index (χ1v) is 8.38. The molecule has 3 N–H and O–H groups in total. The van der Waals surface area contributed by atoms with Crippen LogP contribution in [0.2, 0.25) is 0 Å². The number of sulfonamides is 1. The van der Waals surface area contributed by atoms with Crippen molar-refractivity contribution in [3.63, 3.8) is 0 Å². The molecule has 9 nitrogen and oxygen atoms in total. The van der Waals surface area contributed by atoms with Crippen molar-refractivity contribution in [2.45, 2.75) is 24.8 Å². The van der Waals surface area contributed by atoms with Gasteiger partial charge >= 0.3 is 5.97 Å². The van der Waals surface area contributed by atoms with Gasteiger partial charge in [-0.3, -0.25) is 14.4 Å². The molecule has 10 heteroatoms. The van der Waals surface area contributed by atoms with Gasteiger partial charge in [-0.05, 0) is 31.2 Å². The van der Waals surface area contributed by atoms with Gasteiger partial charge in [-0.1, -0.05) is 0 Å². The smallest absolute Gasteiger partial charge is 0.323 e. The summed E-state index contributed by atoms with van der Waals surface area (Å²) in [7, 11) is -2.70. The van der Waals surface area contributed by atoms with E-state index < -0.39 is 34.5 Å². The minimum absolute atomic E-state index is 0.0860. The van der Waals surface area contributed by atoms with Gasteiger partial charge in [-0.25, -0.2) is 8.42 Å². The van der Waals surface area contributed by atoms with E-state index in [1.807, 2.05) is 0 Å². The maximum Gasteiger partial charge on any atom is 0.323 e. The second kappa shape index (κ2) is 7.88. The van der Waals surface area contributed by atoms with Crippen LogP contribution in [0.25, 0.3) is 0 Å². The highest BCUT2D eigenvalue weighted by molar-refractivity contribution is 7.89. The molecule has 0 bridgehead atoms. The molecule has 0 aliphatic rings. The molecule has 1 atom stereocenters. The summed E-state index contributed by atoms with van der Waals surface area (Å²) < 4.78 is 26.7. The highest BCUT2D eigenvalue weighted by Crippen LogP contribution is 2.14. The molecule has 0 radical (unpaired) electrons. The number of nitrogens with zero attached hydrogens (tertiary/aromatic N) is 1. The van der Waals surface area contributed by atoms with E-state index in [9.17, 15) is 22.8 Å². The van der Waals surface area contributed by atoms with E-state index in [2.05, 4.69) is 10.0 Å². The van der Waals surface area contributed by atoms with Gasteiger partial charge in [0.05, 0.1) is 10.9 Å². The average molecular weight is 357 g/mol. The van der Waals surface area contributed by atoms with Crippen molar-refractivity contribution in [3.05, 3.63) is 24.3 Å². The molecule has 0 saturated heterocycles. The Labute approximate surface area is 139 Å². The fourth-order valence-electron chi connectivity index (χ4n) is 1.88. The number of benzene rings is 1. The normalized spacial score (nSPS) is 12.3. The Kier molecular flexibility index (Phi) is 6.43. The van der Waals surface area contributed by atoms with Crippen LogP contribution in [-0.4, -0.2) is 55.8 Å². The maximum absolute atomic E-state index is 12.2. The molecule has 1 rings (SSSR count). The minimum Gasteiger partial charge on any atom is -0.480 e. The molecule has 1 aromatic rings. The van der Waals surface area contributed by atoms with Crippen molar-refractivity contribution >= 4 is 33.5 Å². The minimum atomic E-state index is -3.97. The lowest BCUT2D eigenvalue weighted by Gasteiger charge is -2.20. The summed E-state index contributed by atoms with van der Waals surface area (Å²) in [5, 5.41) is 11.2. The molecule has 132 valence electrons. The second-order valence-corrected chi connectivity index (χ2v) is 6.85. The molecule has 0 aliphatic carbocycles. The lowest BCUT2D eigenvalue weighted by Crippen LogP contribution is -2.46. The first-order valence-electron chi connectivity index (χ1n) is 6.89. The second-order valence-electron chi connectivity index (χ2n) is 5.14. The van der Waals surface area contributed by atoms with E-state index in [1.165, 1.54) is 45.2 Å². The van der Waals surface area contributed by atoms with Gasteiger partial charge in [0, 0.05) is 19.7 Å². The molecule has 24 heavy (non-hydrogen) atoms. The number of amides is 2. The summed E-state index contributed by atoms with van der Waals surface area (Å²) in [6.07, 6.45) is 0. The first kappa shape index (κ1) is 19.6. The van der Waals surface area contributed by atoms with Gasteiger partial charge < -0.3 is 15.3 Å². The van der Waals surface area contributed by atoms with Crippen LogP contribution in [0.15, 0.2) is 29.2 Å². The van der Waals surface area contributed by atoms with Crippen molar-refractivity contribution in [3.8, 4) is 0 Å². The number of carbonyl (C=O) groups is 3. The van der Waals surface area contributed by atoms with Gasteiger partial charge in [0.2, 0.25) is 21.8 Å². The van der Waals surface area contributed by atoms with Crippen LogP contribution >= 0.6 is 0 Å². The number of hydrogen-bond acceptors (Lipinski definition) is 5. The van der Waals surface area contributed by atoms with E-state index in [4.69, 9.17) is 5.11 Å². The molecule has 2 amide bonds. The Bertz CT molecular complexity index is 729. The van der Waals surface area contributed by atoms with E-state index in [0.717, 1.165) is 4.90 Å². The molecule has 0 saturated carbocycles. The van der Waals surface area contributed by atoms with Crippen molar-refractivity contribution in [1.29, 1.82) is 0 Å². The van der Waals surface area contributed by atoms with E-state index >= 15 is 0 Å². The predicted octanol–water partition coefficient (Wildman–Crippen LogP) is -0.145. The number of carbonyl (C=O) groups excluding carboxylic acids is 2. The summed E-state index contributed by atoms with van der Waals surface area (Å²) in [5.41, 5.74) is 0.437. The molecule has 0 aromatic heterocycles. The molecular formula is C14H19N3O6S. The van der Waals surface area contributed by atoms with Gasteiger partial charge in [0.25, 0.3) is 0 Å².